The summed E-state index contributed by atoms with van der Waals surface area (Å²) >= 11 is 0. The standard InChI is InChI=1S/C26H52N4O2.2HI/c1-27(25(31)15-23-29(3)19-11-7-12-20-29)17-9-5-6-10-18-28(2)26(32)16-24-30(4)21-13-8-14-22-30;;/h5-24H2,1-4H3;2*1H/q+2;;/p-2/i3D3,4D3;;. The third kappa shape index (κ3) is 13.0. The van der Waals surface area contributed by atoms with E-state index in [0.717, 1.165) is 64.2 Å². The van der Waals surface area contributed by atoms with E-state index < -0.39 is 14.0 Å². The molecule has 0 aromatic heterocycles. The molecule has 2 heterocycles. The SMILES string of the molecule is [2H]C([2H])([2H])[N+]1(CCC(=O)N(C)CCCCCCN(C)C(=O)CC[N+]2(C([2H])([2H])[2H])CCCCC2)CCCCC1.[I-].[I-]. The highest BCUT2D eigenvalue weighted by Gasteiger charge is 2.27. The number of carbonyl (C=O) groups excluding carboxylic acids is 2. The van der Waals surface area contributed by atoms with Crippen molar-refractivity contribution in [2.45, 2.75) is 77.0 Å². The summed E-state index contributed by atoms with van der Waals surface area (Å²) in [7, 11) is 3.59. The maximum Gasteiger partial charge on any atom is 0.227 e. The number of carbonyl (C=O) groups is 2. The highest BCUT2D eigenvalue weighted by atomic mass is 127. The summed E-state index contributed by atoms with van der Waals surface area (Å²) in [4.78, 5) is 28.7. The van der Waals surface area contributed by atoms with E-state index in [9.17, 15) is 9.59 Å². The summed E-state index contributed by atoms with van der Waals surface area (Å²) in [5.41, 5.74) is 0. The van der Waals surface area contributed by atoms with Crippen LogP contribution >= 0.6 is 0 Å². The van der Waals surface area contributed by atoms with Gasteiger partial charge in [0.25, 0.3) is 0 Å². The lowest BCUT2D eigenvalue weighted by Crippen LogP contribution is -3.00. The number of nitrogens with zero attached hydrogens (tertiary/aromatic N) is 4. The Hall–Kier alpha value is 0.320. The van der Waals surface area contributed by atoms with Crippen molar-refractivity contribution < 1.29 is 74.7 Å². The van der Waals surface area contributed by atoms with Crippen molar-refractivity contribution in [1.29, 1.82) is 0 Å². The predicted molar refractivity (Wildman–Crippen MR) is 132 cm³/mol. The van der Waals surface area contributed by atoms with Crippen LogP contribution in [-0.4, -0.2) is 111 Å². The summed E-state index contributed by atoms with van der Waals surface area (Å²) in [6, 6.07) is 0. The van der Waals surface area contributed by atoms with Gasteiger partial charge in [-0.05, 0) is 51.4 Å². The quantitative estimate of drug-likeness (QED) is 0.121. The number of rotatable bonds is 13. The van der Waals surface area contributed by atoms with Crippen LogP contribution in [0.1, 0.15) is 85.3 Å². The van der Waals surface area contributed by atoms with E-state index in [-0.39, 0.29) is 81.6 Å². The highest BCUT2D eigenvalue weighted by Crippen LogP contribution is 2.18. The van der Waals surface area contributed by atoms with Crippen molar-refractivity contribution in [2.75, 3.05) is 80.4 Å². The highest BCUT2D eigenvalue weighted by molar-refractivity contribution is 5.76. The molecule has 8 heteroatoms. The Morgan fingerprint density at radius 3 is 1.32 bits per heavy atom. The Morgan fingerprint density at radius 1 is 0.647 bits per heavy atom. The van der Waals surface area contributed by atoms with Gasteiger partial charge < -0.3 is 66.7 Å². The minimum atomic E-state index is -2.07. The number of piperidine rings is 2. The average molecular weight is 713 g/mol. The second-order valence-electron chi connectivity index (χ2n) is 10.3. The molecule has 6 nitrogen and oxygen atoms in total. The van der Waals surface area contributed by atoms with Crippen molar-refractivity contribution in [3.8, 4) is 0 Å². The van der Waals surface area contributed by atoms with Crippen LogP contribution in [0.3, 0.4) is 0 Å². The molecule has 2 fully saturated rings. The lowest BCUT2D eigenvalue weighted by Gasteiger charge is -2.38. The monoisotopic (exact) mass is 712 g/mol. The fourth-order valence-corrected chi connectivity index (χ4v) is 4.98. The topological polar surface area (TPSA) is 40.6 Å². The molecule has 2 saturated heterocycles. The summed E-state index contributed by atoms with van der Waals surface area (Å²) in [5.74, 6) is 0.0164. The smallest absolute Gasteiger partial charge is 0.227 e. The summed E-state index contributed by atoms with van der Waals surface area (Å²) in [6.07, 6.45) is 9.95. The number of hydrogen-bond donors (Lipinski definition) is 0. The fraction of sp³-hybridized carbons (Fsp3) is 0.923. The molecule has 2 aliphatic heterocycles. The normalized spacial score (nSPS) is 22.2. The Balaban J connectivity index is 0.00000760. The van der Waals surface area contributed by atoms with Gasteiger partial charge in [0.15, 0.2) is 0 Å². The van der Waals surface area contributed by atoms with Crippen molar-refractivity contribution in [3.05, 3.63) is 0 Å². The molecule has 0 spiro atoms. The number of quaternary nitrogens is 2. The maximum atomic E-state index is 12.7. The Labute approximate surface area is 252 Å². The summed E-state index contributed by atoms with van der Waals surface area (Å²) in [6.45, 7) is 0.437. The molecular formula is C26H52I2N4O2. The van der Waals surface area contributed by atoms with Gasteiger partial charge in [0.1, 0.15) is 0 Å². The first-order chi connectivity index (χ1) is 17.7. The molecule has 0 radical (unpaired) electrons. The molecule has 2 rings (SSSR count). The second kappa shape index (κ2) is 17.7. The molecule has 0 unspecified atom stereocenters. The van der Waals surface area contributed by atoms with Gasteiger partial charge in [-0.25, -0.2) is 0 Å². The van der Waals surface area contributed by atoms with Crippen LogP contribution in [0.4, 0.5) is 0 Å². The molecule has 0 saturated carbocycles. The number of unbranched alkanes of at least 4 members (excludes halogenated alkanes) is 3. The van der Waals surface area contributed by atoms with E-state index in [1.54, 1.807) is 23.9 Å². The van der Waals surface area contributed by atoms with E-state index in [2.05, 4.69) is 0 Å². The largest absolute Gasteiger partial charge is 1.00 e. The zero-order chi connectivity index (χ0) is 28.5. The zero-order valence-electron chi connectivity index (χ0n) is 27.5. The van der Waals surface area contributed by atoms with Crippen molar-refractivity contribution in [2.24, 2.45) is 0 Å². The number of likely N-dealkylation sites (tertiary alicyclic amines) is 2. The van der Waals surface area contributed by atoms with Crippen LogP contribution in [0.25, 0.3) is 0 Å². The average Bonchev–Trinajstić information content (AvgIpc) is 2.87. The van der Waals surface area contributed by atoms with Gasteiger partial charge in [0.05, 0.1) is 74.3 Å². The first-order valence-corrected chi connectivity index (χ1v) is 12.9. The number of halogens is 2. The molecule has 34 heavy (non-hydrogen) atoms. The lowest BCUT2D eigenvalue weighted by atomic mass is 10.1. The first kappa shape index (κ1) is 24.6. The Bertz CT molecular complexity index is 696. The van der Waals surface area contributed by atoms with E-state index in [0.29, 0.717) is 52.4 Å². The summed E-state index contributed by atoms with van der Waals surface area (Å²) in [5, 5.41) is 0. The number of amides is 2. The molecule has 0 aromatic carbocycles. The molecule has 2 aliphatic rings. The van der Waals surface area contributed by atoms with Gasteiger partial charge in [-0.3, -0.25) is 9.59 Å². The molecule has 0 atom stereocenters. The summed E-state index contributed by atoms with van der Waals surface area (Å²) < 4.78 is 48.1. The predicted octanol–water partition coefficient (Wildman–Crippen LogP) is -2.49. The van der Waals surface area contributed by atoms with E-state index in [1.165, 1.54) is 0 Å². The van der Waals surface area contributed by atoms with Gasteiger partial charge in [0.2, 0.25) is 11.8 Å². The van der Waals surface area contributed by atoms with Gasteiger partial charge in [-0.1, -0.05) is 12.8 Å². The van der Waals surface area contributed by atoms with Crippen molar-refractivity contribution in [3.63, 3.8) is 0 Å². The van der Waals surface area contributed by atoms with Gasteiger partial charge in [-0.2, -0.15) is 0 Å². The van der Waals surface area contributed by atoms with Crippen molar-refractivity contribution >= 4 is 11.8 Å². The van der Waals surface area contributed by atoms with Crippen molar-refractivity contribution in [1.82, 2.24) is 9.80 Å². The van der Waals surface area contributed by atoms with E-state index >= 15 is 0 Å². The van der Waals surface area contributed by atoms with Crippen LogP contribution < -0.4 is 48.0 Å². The second-order valence-corrected chi connectivity index (χ2v) is 10.3. The Morgan fingerprint density at radius 2 is 1.00 bits per heavy atom. The first-order valence-electron chi connectivity index (χ1n) is 15.9. The molecule has 202 valence electrons. The molecular weight excluding hydrogens is 654 g/mol. The van der Waals surface area contributed by atoms with Gasteiger partial charge >= 0.3 is 0 Å². The molecule has 0 bridgehead atoms. The third-order valence-corrected chi connectivity index (χ3v) is 7.44. The molecule has 2 amide bonds. The minimum absolute atomic E-state index is 0. The van der Waals surface area contributed by atoms with Gasteiger partial charge in [-0.15, -0.1) is 0 Å². The third-order valence-electron chi connectivity index (χ3n) is 7.44. The van der Waals surface area contributed by atoms with Crippen LogP contribution in [0.5, 0.6) is 0 Å². The minimum Gasteiger partial charge on any atom is -1.00 e. The number of hydrogen-bond acceptors (Lipinski definition) is 2. The Kier molecular flexibility index (Phi) is 12.8. The fourth-order valence-electron chi connectivity index (χ4n) is 4.98. The van der Waals surface area contributed by atoms with E-state index in [1.807, 2.05) is 0 Å². The lowest BCUT2D eigenvalue weighted by molar-refractivity contribution is -0.913. The maximum absolute atomic E-state index is 12.7. The van der Waals surface area contributed by atoms with Crippen LogP contribution in [0, 0.1) is 0 Å². The van der Waals surface area contributed by atoms with Crippen LogP contribution in [0.2, 0.25) is 0 Å². The van der Waals surface area contributed by atoms with Crippen LogP contribution in [0.15, 0.2) is 0 Å². The van der Waals surface area contributed by atoms with Crippen LogP contribution in [-0.2, 0) is 9.59 Å². The van der Waals surface area contributed by atoms with E-state index in [4.69, 9.17) is 8.22 Å². The zero-order valence-corrected chi connectivity index (χ0v) is 25.8. The molecule has 0 aromatic rings. The van der Waals surface area contributed by atoms with Gasteiger partial charge in [0, 0.05) is 27.2 Å². The molecule has 0 N–H and O–H groups in total. The molecule has 0 aliphatic carbocycles.